The minimum atomic E-state index is -0.363. The summed E-state index contributed by atoms with van der Waals surface area (Å²) in [6, 6.07) is 2.72. The molecule has 0 radical (unpaired) electrons. The van der Waals surface area contributed by atoms with Crippen LogP contribution in [0.25, 0.3) is 0 Å². The molecule has 15 heavy (non-hydrogen) atoms. The second-order valence-corrected chi connectivity index (χ2v) is 3.08. The van der Waals surface area contributed by atoms with Crippen LogP contribution in [0.1, 0.15) is 15.9 Å². The van der Waals surface area contributed by atoms with Crippen LogP contribution in [-0.2, 0) is 6.42 Å². The number of rotatable bonds is 4. The summed E-state index contributed by atoms with van der Waals surface area (Å²) in [6.45, 7) is 3.33. The molecule has 4 N–H and O–H groups in total. The first-order valence-corrected chi connectivity index (χ1v) is 4.49. The van der Waals surface area contributed by atoms with E-state index in [0.29, 0.717) is 12.0 Å². The van der Waals surface area contributed by atoms with E-state index in [4.69, 9.17) is 5.73 Å². The summed E-state index contributed by atoms with van der Waals surface area (Å²) in [5, 5.41) is 19.2. The average Bonchev–Trinajstić information content (AvgIpc) is 2.23. The molecule has 0 amide bonds. The molecule has 0 aliphatic heterocycles. The Labute approximate surface area is 87.7 Å². The highest BCUT2D eigenvalue weighted by atomic mass is 16.3. The SMILES string of the molecule is C=CCc1c(O)ccc(C(=O)CN)c1O. The van der Waals surface area contributed by atoms with Crippen molar-refractivity contribution in [3.05, 3.63) is 35.9 Å². The molecule has 1 rings (SSSR count). The fraction of sp³-hybridized carbons (Fsp3) is 0.182. The summed E-state index contributed by atoms with van der Waals surface area (Å²) in [7, 11) is 0. The Morgan fingerprint density at radius 3 is 2.67 bits per heavy atom. The van der Waals surface area contributed by atoms with Crippen LogP contribution in [0.2, 0.25) is 0 Å². The molecule has 0 heterocycles. The maximum absolute atomic E-state index is 11.3. The number of allylic oxidation sites excluding steroid dienone is 1. The van der Waals surface area contributed by atoms with E-state index in [0.717, 1.165) is 0 Å². The van der Waals surface area contributed by atoms with Crippen LogP contribution in [0, 0.1) is 0 Å². The van der Waals surface area contributed by atoms with Gasteiger partial charge in [-0.2, -0.15) is 0 Å². The highest BCUT2D eigenvalue weighted by molar-refractivity contribution is 6.00. The van der Waals surface area contributed by atoms with Crippen molar-refractivity contribution in [2.24, 2.45) is 5.73 Å². The Bertz CT molecular complexity index is 399. The van der Waals surface area contributed by atoms with Gasteiger partial charge in [-0.25, -0.2) is 0 Å². The van der Waals surface area contributed by atoms with Crippen LogP contribution in [0.15, 0.2) is 24.8 Å². The van der Waals surface area contributed by atoms with Gasteiger partial charge in [0.25, 0.3) is 0 Å². The van der Waals surface area contributed by atoms with Gasteiger partial charge >= 0.3 is 0 Å². The van der Waals surface area contributed by atoms with Crippen molar-refractivity contribution < 1.29 is 15.0 Å². The molecular weight excluding hydrogens is 194 g/mol. The van der Waals surface area contributed by atoms with E-state index in [2.05, 4.69) is 6.58 Å². The molecular formula is C11H13NO3. The summed E-state index contributed by atoms with van der Waals surface area (Å²) in [6.07, 6.45) is 1.83. The van der Waals surface area contributed by atoms with Gasteiger partial charge < -0.3 is 15.9 Å². The Morgan fingerprint density at radius 2 is 2.13 bits per heavy atom. The highest BCUT2D eigenvalue weighted by Crippen LogP contribution is 2.31. The number of carbonyl (C=O) groups excluding carboxylic acids is 1. The Kier molecular flexibility index (Phi) is 3.46. The zero-order chi connectivity index (χ0) is 11.4. The van der Waals surface area contributed by atoms with Gasteiger partial charge in [0.2, 0.25) is 0 Å². The summed E-state index contributed by atoms with van der Waals surface area (Å²) in [4.78, 5) is 11.3. The van der Waals surface area contributed by atoms with Crippen LogP contribution < -0.4 is 5.73 Å². The minimum Gasteiger partial charge on any atom is -0.508 e. The van der Waals surface area contributed by atoms with Crippen molar-refractivity contribution in [3.63, 3.8) is 0 Å². The number of aromatic hydroxyl groups is 2. The number of phenolic OH excluding ortho intramolecular Hbond substituents is 2. The number of Topliss-reactive ketones (excluding diaryl/α,β-unsaturated/α-hetero) is 1. The molecule has 0 aliphatic rings. The molecule has 4 heteroatoms. The first kappa shape index (κ1) is 11.3. The van der Waals surface area contributed by atoms with E-state index in [1.165, 1.54) is 18.2 Å². The monoisotopic (exact) mass is 207 g/mol. The molecule has 0 saturated heterocycles. The van der Waals surface area contributed by atoms with E-state index in [1.807, 2.05) is 0 Å². The van der Waals surface area contributed by atoms with E-state index < -0.39 is 0 Å². The molecule has 1 aromatic rings. The normalized spacial score (nSPS) is 9.93. The van der Waals surface area contributed by atoms with E-state index in [-0.39, 0.29) is 29.4 Å². The molecule has 0 spiro atoms. The number of phenols is 2. The fourth-order valence-corrected chi connectivity index (χ4v) is 1.31. The van der Waals surface area contributed by atoms with Gasteiger partial charge in [-0.3, -0.25) is 4.79 Å². The first-order valence-electron chi connectivity index (χ1n) is 4.49. The molecule has 0 aromatic heterocycles. The third-order valence-corrected chi connectivity index (χ3v) is 2.09. The van der Waals surface area contributed by atoms with Gasteiger partial charge in [-0.1, -0.05) is 6.08 Å². The van der Waals surface area contributed by atoms with Crippen molar-refractivity contribution >= 4 is 5.78 Å². The van der Waals surface area contributed by atoms with Crippen LogP contribution >= 0.6 is 0 Å². The lowest BCUT2D eigenvalue weighted by molar-refractivity contribution is 0.0998. The smallest absolute Gasteiger partial charge is 0.180 e. The molecule has 0 atom stereocenters. The van der Waals surface area contributed by atoms with Crippen molar-refractivity contribution in [3.8, 4) is 11.5 Å². The van der Waals surface area contributed by atoms with Crippen LogP contribution in [0.5, 0.6) is 11.5 Å². The molecule has 1 aromatic carbocycles. The van der Waals surface area contributed by atoms with Crippen molar-refractivity contribution in [2.45, 2.75) is 6.42 Å². The third-order valence-electron chi connectivity index (χ3n) is 2.09. The van der Waals surface area contributed by atoms with Gasteiger partial charge in [-0.05, 0) is 18.6 Å². The zero-order valence-corrected chi connectivity index (χ0v) is 8.23. The lowest BCUT2D eigenvalue weighted by Crippen LogP contribution is -2.14. The van der Waals surface area contributed by atoms with E-state index >= 15 is 0 Å². The molecule has 0 fully saturated rings. The molecule has 80 valence electrons. The summed E-state index contributed by atoms with van der Waals surface area (Å²) >= 11 is 0. The highest BCUT2D eigenvalue weighted by Gasteiger charge is 2.15. The van der Waals surface area contributed by atoms with Crippen molar-refractivity contribution in [1.82, 2.24) is 0 Å². The number of hydrogen-bond donors (Lipinski definition) is 3. The van der Waals surface area contributed by atoms with Crippen LogP contribution in [0.3, 0.4) is 0 Å². The van der Waals surface area contributed by atoms with Crippen LogP contribution in [0.4, 0.5) is 0 Å². The van der Waals surface area contributed by atoms with E-state index in [9.17, 15) is 15.0 Å². The third kappa shape index (κ3) is 2.16. The predicted octanol–water partition coefficient (Wildman–Crippen LogP) is 0.968. The molecule has 0 bridgehead atoms. The Hall–Kier alpha value is -1.81. The van der Waals surface area contributed by atoms with E-state index in [1.54, 1.807) is 0 Å². The van der Waals surface area contributed by atoms with Gasteiger partial charge in [0.05, 0.1) is 12.1 Å². The standard InChI is InChI=1S/C11H13NO3/c1-2-3-7-9(13)5-4-8(11(7)15)10(14)6-12/h2,4-5,13,15H,1,3,6,12H2. The lowest BCUT2D eigenvalue weighted by atomic mass is 10.0. The quantitative estimate of drug-likeness (QED) is 0.507. The van der Waals surface area contributed by atoms with Crippen LogP contribution in [-0.4, -0.2) is 22.5 Å². The number of benzene rings is 1. The second-order valence-electron chi connectivity index (χ2n) is 3.08. The minimum absolute atomic E-state index is 0.0547. The maximum Gasteiger partial charge on any atom is 0.180 e. The van der Waals surface area contributed by atoms with Crippen molar-refractivity contribution in [1.29, 1.82) is 0 Å². The molecule has 0 saturated carbocycles. The number of ketones is 1. The molecule has 0 aliphatic carbocycles. The predicted molar refractivity (Wildman–Crippen MR) is 57.1 cm³/mol. The van der Waals surface area contributed by atoms with Gasteiger partial charge in [0.15, 0.2) is 5.78 Å². The molecule has 0 unspecified atom stereocenters. The zero-order valence-electron chi connectivity index (χ0n) is 8.23. The van der Waals surface area contributed by atoms with Gasteiger partial charge in [0, 0.05) is 5.56 Å². The fourth-order valence-electron chi connectivity index (χ4n) is 1.31. The number of hydrogen-bond acceptors (Lipinski definition) is 4. The lowest BCUT2D eigenvalue weighted by Gasteiger charge is -2.08. The van der Waals surface area contributed by atoms with Gasteiger partial charge in [-0.15, -0.1) is 6.58 Å². The number of carbonyl (C=O) groups is 1. The van der Waals surface area contributed by atoms with Crippen molar-refractivity contribution in [2.75, 3.05) is 6.54 Å². The maximum atomic E-state index is 11.3. The first-order chi connectivity index (χ1) is 7.11. The number of nitrogens with two attached hydrogens (primary N) is 1. The largest absolute Gasteiger partial charge is 0.508 e. The average molecular weight is 207 g/mol. The summed E-state index contributed by atoms with van der Waals surface area (Å²) in [5.74, 6) is -0.635. The van der Waals surface area contributed by atoms with Gasteiger partial charge in [0.1, 0.15) is 11.5 Å². The topological polar surface area (TPSA) is 83.5 Å². The molecule has 4 nitrogen and oxygen atoms in total. The Balaban J connectivity index is 3.27. The Morgan fingerprint density at radius 1 is 1.47 bits per heavy atom. The summed E-state index contributed by atoms with van der Waals surface area (Å²) in [5.41, 5.74) is 5.62. The second kappa shape index (κ2) is 4.61. The summed E-state index contributed by atoms with van der Waals surface area (Å²) < 4.78 is 0.